The molecule has 0 saturated carbocycles. The van der Waals surface area contributed by atoms with Gasteiger partial charge in [0.05, 0.1) is 6.61 Å². The number of amides is 1. The highest BCUT2D eigenvalue weighted by Crippen LogP contribution is 2.12. The predicted octanol–water partition coefficient (Wildman–Crippen LogP) is 2.25. The lowest BCUT2D eigenvalue weighted by atomic mass is 10.2. The zero-order valence-corrected chi connectivity index (χ0v) is 12.2. The van der Waals surface area contributed by atoms with Gasteiger partial charge in [-0.1, -0.05) is 18.2 Å². The Kier molecular flexibility index (Phi) is 7.01. The Hall–Kier alpha value is -2.30. The van der Waals surface area contributed by atoms with Crippen LogP contribution in [0.25, 0.3) is 0 Å². The van der Waals surface area contributed by atoms with E-state index in [1.807, 2.05) is 31.2 Å². The number of carbonyl (C=O) groups is 2. The monoisotopic (exact) mass is 291 g/mol. The van der Waals surface area contributed by atoms with Crippen LogP contribution in [-0.2, 0) is 9.59 Å². The van der Waals surface area contributed by atoms with Gasteiger partial charge >= 0.3 is 5.97 Å². The van der Waals surface area contributed by atoms with E-state index < -0.39 is 5.97 Å². The number of aryl methyl sites for hydroxylation is 1. The Bertz CT molecular complexity index is 499. The molecule has 114 valence electrons. The fourth-order valence-electron chi connectivity index (χ4n) is 1.85. The molecule has 1 aromatic rings. The molecular weight excluding hydrogens is 270 g/mol. The van der Waals surface area contributed by atoms with Crippen LogP contribution in [0.15, 0.2) is 36.9 Å². The SMILES string of the molecule is C=CCN(CC(=O)O)C(=O)CCCOc1cccc(C)c1. The third kappa shape index (κ3) is 6.61. The number of hydrogen-bond acceptors (Lipinski definition) is 3. The van der Waals surface area contributed by atoms with Gasteiger partial charge in [-0.05, 0) is 31.0 Å². The number of nitrogens with zero attached hydrogens (tertiary/aromatic N) is 1. The summed E-state index contributed by atoms with van der Waals surface area (Å²) in [6.45, 7) is 5.86. The number of carboxylic acid groups (broad SMARTS) is 1. The predicted molar refractivity (Wildman–Crippen MR) is 80.3 cm³/mol. The first-order valence-corrected chi connectivity index (χ1v) is 6.83. The quantitative estimate of drug-likeness (QED) is 0.560. The first kappa shape index (κ1) is 16.8. The molecule has 0 aliphatic rings. The molecule has 1 N–H and O–H groups in total. The number of benzene rings is 1. The van der Waals surface area contributed by atoms with Crippen molar-refractivity contribution in [2.24, 2.45) is 0 Å². The summed E-state index contributed by atoms with van der Waals surface area (Å²) in [7, 11) is 0. The van der Waals surface area contributed by atoms with Crippen molar-refractivity contribution in [1.29, 1.82) is 0 Å². The average molecular weight is 291 g/mol. The normalized spacial score (nSPS) is 9.95. The molecular formula is C16H21NO4. The Morgan fingerprint density at radius 3 is 2.81 bits per heavy atom. The molecule has 1 amide bonds. The van der Waals surface area contributed by atoms with Crippen LogP contribution in [-0.4, -0.2) is 41.6 Å². The highest BCUT2D eigenvalue weighted by Gasteiger charge is 2.14. The summed E-state index contributed by atoms with van der Waals surface area (Å²) in [5.74, 6) is -0.456. The van der Waals surface area contributed by atoms with Crippen LogP contribution < -0.4 is 4.74 Å². The molecule has 0 spiro atoms. The minimum absolute atomic E-state index is 0.204. The van der Waals surface area contributed by atoms with Gasteiger partial charge in [0.2, 0.25) is 5.91 Å². The Labute approximate surface area is 124 Å². The molecule has 0 unspecified atom stereocenters. The standard InChI is InChI=1S/C16H21NO4/c1-3-9-17(12-16(19)20)15(18)8-5-10-21-14-7-4-6-13(2)11-14/h3-4,6-7,11H,1,5,8-10,12H2,2H3,(H,19,20). The van der Waals surface area contributed by atoms with Crippen molar-refractivity contribution >= 4 is 11.9 Å². The molecule has 0 aliphatic carbocycles. The molecule has 1 rings (SSSR count). The number of rotatable bonds is 9. The van der Waals surface area contributed by atoms with E-state index in [4.69, 9.17) is 9.84 Å². The van der Waals surface area contributed by atoms with Crippen LogP contribution in [0.4, 0.5) is 0 Å². The average Bonchev–Trinajstić information content (AvgIpc) is 2.42. The van der Waals surface area contributed by atoms with E-state index in [1.54, 1.807) is 0 Å². The fourth-order valence-corrected chi connectivity index (χ4v) is 1.85. The molecule has 0 fully saturated rings. The minimum atomic E-state index is -1.03. The number of ether oxygens (including phenoxy) is 1. The Morgan fingerprint density at radius 1 is 1.43 bits per heavy atom. The molecule has 0 saturated heterocycles. The number of aliphatic carboxylic acids is 1. The second-order valence-corrected chi connectivity index (χ2v) is 4.73. The van der Waals surface area contributed by atoms with Crippen molar-refractivity contribution in [2.75, 3.05) is 19.7 Å². The third-order valence-corrected chi connectivity index (χ3v) is 2.82. The maximum atomic E-state index is 11.9. The van der Waals surface area contributed by atoms with Crippen molar-refractivity contribution in [3.8, 4) is 5.75 Å². The van der Waals surface area contributed by atoms with Gasteiger partial charge in [0.25, 0.3) is 0 Å². The van der Waals surface area contributed by atoms with E-state index in [9.17, 15) is 9.59 Å². The van der Waals surface area contributed by atoms with Crippen molar-refractivity contribution in [3.63, 3.8) is 0 Å². The largest absolute Gasteiger partial charge is 0.494 e. The highest BCUT2D eigenvalue weighted by atomic mass is 16.5. The Balaban J connectivity index is 2.34. The summed E-state index contributed by atoms with van der Waals surface area (Å²) in [6.07, 6.45) is 2.32. The summed E-state index contributed by atoms with van der Waals surface area (Å²) < 4.78 is 5.55. The zero-order valence-electron chi connectivity index (χ0n) is 12.2. The van der Waals surface area contributed by atoms with Gasteiger partial charge < -0.3 is 14.7 Å². The van der Waals surface area contributed by atoms with Crippen molar-refractivity contribution in [3.05, 3.63) is 42.5 Å². The van der Waals surface area contributed by atoms with Gasteiger partial charge in [-0.25, -0.2) is 0 Å². The van der Waals surface area contributed by atoms with Crippen molar-refractivity contribution < 1.29 is 19.4 Å². The van der Waals surface area contributed by atoms with Crippen LogP contribution in [0, 0.1) is 6.92 Å². The first-order chi connectivity index (χ1) is 10.0. The van der Waals surface area contributed by atoms with Gasteiger partial charge in [0, 0.05) is 13.0 Å². The minimum Gasteiger partial charge on any atom is -0.494 e. The van der Waals surface area contributed by atoms with E-state index in [-0.39, 0.29) is 25.4 Å². The van der Waals surface area contributed by atoms with Crippen LogP contribution >= 0.6 is 0 Å². The first-order valence-electron chi connectivity index (χ1n) is 6.83. The van der Waals surface area contributed by atoms with Crippen LogP contribution in [0.2, 0.25) is 0 Å². The van der Waals surface area contributed by atoms with Crippen LogP contribution in [0.1, 0.15) is 18.4 Å². The molecule has 5 nitrogen and oxygen atoms in total. The molecule has 0 aromatic heterocycles. The lowest BCUT2D eigenvalue weighted by Crippen LogP contribution is -2.35. The van der Waals surface area contributed by atoms with Crippen molar-refractivity contribution in [2.45, 2.75) is 19.8 Å². The summed E-state index contributed by atoms with van der Waals surface area (Å²) in [6, 6.07) is 7.68. The van der Waals surface area contributed by atoms with E-state index in [0.29, 0.717) is 13.0 Å². The zero-order chi connectivity index (χ0) is 15.7. The third-order valence-electron chi connectivity index (χ3n) is 2.82. The molecule has 5 heteroatoms. The number of hydrogen-bond donors (Lipinski definition) is 1. The van der Waals surface area contributed by atoms with E-state index >= 15 is 0 Å². The summed E-state index contributed by atoms with van der Waals surface area (Å²) in [5.41, 5.74) is 1.11. The summed E-state index contributed by atoms with van der Waals surface area (Å²) in [5, 5.41) is 8.75. The lowest BCUT2D eigenvalue weighted by molar-refractivity contribution is -0.144. The van der Waals surface area contributed by atoms with E-state index in [0.717, 1.165) is 11.3 Å². The molecule has 1 aromatic carbocycles. The Morgan fingerprint density at radius 2 is 2.19 bits per heavy atom. The van der Waals surface area contributed by atoms with Gasteiger partial charge in [-0.15, -0.1) is 6.58 Å². The van der Waals surface area contributed by atoms with Gasteiger partial charge in [0.15, 0.2) is 0 Å². The second-order valence-electron chi connectivity index (χ2n) is 4.73. The lowest BCUT2D eigenvalue weighted by Gasteiger charge is -2.18. The molecule has 0 aliphatic heterocycles. The van der Waals surface area contributed by atoms with Crippen LogP contribution in [0.5, 0.6) is 5.75 Å². The smallest absolute Gasteiger partial charge is 0.323 e. The van der Waals surface area contributed by atoms with Crippen LogP contribution in [0.3, 0.4) is 0 Å². The number of carboxylic acids is 1. The van der Waals surface area contributed by atoms with E-state index in [1.165, 1.54) is 11.0 Å². The maximum Gasteiger partial charge on any atom is 0.323 e. The molecule has 0 radical (unpaired) electrons. The molecule has 0 heterocycles. The fraction of sp³-hybridized carbons (Fsp3) is 0.375. The van der Waals surface area contributed by atoms with E-state index in [2.05, 4.69) is 6.58 Å². The van der Waals surface area contributed by atoms with Gasteiger partial charge in [-0.3, -0.25) is 9.59 Å². The summed E-state index contributed by atoms with van der Waals surface area (Å²) in [4.78, 5) is 23.8. The van der Waals surface area contributed by atoms with Crippen molar-refractivity contribution in [1.82, 2.24) is 4.90 Å². The second kappa shape index (κ2) is 8.79. The highest BCUT2D eigenvalue weighted by molar-refractivity contribution is 5.81. The maximum absolute atomic E-state index is 11.9. The van der Waals surface area contributed by atoms with Gasteiger partial charge in [-0.2, -0.15) is 0 Å². The van der Waals surface area contributed by atoms with Gasteiger partial charge in [0.1, 0.15) is 12.3 Å². The summed E-state index contributed by atoms with van der Waals surface area (Å²) >= 11 is 0. The number of carbonyl (C=O) groups excluding carboxylic acids is 1. The molecule has 0 atom stereocenters. The molecule has 21 heavy (non-hydrogen) atoms. The molecule has 0 bridgehead atoms. The topological polar surface area (TPSA) is 66.8 Å².